The van der Waals surface area contributed by atoms with Gasteiger partial charge in [0.1, 0.15) is 5.75 Å². The summed E-state index contributed by atoms with van der Waals surface area (Å²) in [5.41, 5.74) is 3.19. The van der Waals surface area contributed by atoms with E-state index < -0.39 is 0 Å². The molecule has 1 N–H and O–H groups in total. The lowest BCUT2D eigenvalue weighted by Crippen LogP contribution is -2.36. The maximum absolute atomic E-state index is 12.8. The summed E-state index contributed by atoms with van der Waals surface area (Å²) < 4.78 is 5.64. The van der Waals surface area contributed by atoms with E-state index in [-0.39, 0.29) is 18.4 Å². The average Bonchev–Trinajstić information content (AvgIpc) is 2.68. The summed E-state index contributed by atoms with van der Waals surface area (Å²) in [7, 11) is 0. The Balaban J connectivity index is 1.64. The number of benzene rings is 2. The second kappa shape index (κ2) is 8.71. The van der Waals surface area contributed by atoms with Gasteiger partial charge in [0.2, 0.25) is 0 Å². The highest BCUT2D eigenvalue weighted by molar-refractivity contribution is 6.04. The molecule has 0 saturated carbocycles. The van der Waals surface area contributed by atoms with E-state index in [1.54, 1.807) is 12.1 Å². The van der Waals surface area contributed by atoms with Gasteiger partial charge in [0, 0.05) is 13.1 Å². The van der Waals surface area contributed by atoms with Gasteiger partial charge in [-0.1, -0.05) is 29.8 Å². The van der Waals surface area contributed by atoms with E-state index in [2.05, 4.69) is 5.32 Å². The first-order valence-corrected chi connectivity index (χ1v) is 9.43. The largest absolute Gasteiger partial charge is 0.483 e. The number of hydrogen-bond donors (Lipinski definition) is 1. The van der Waals surface area contributed by atoms with Crippen LogP contribution in [-0.2, 0) is 4.79 Å². The maximum Gasteiger partial charge on any atom is 0.262 e. The molecular formula is C22H26N2O3. The SMILES string of the molecule is Cc1ccc(OCC(=O)Nc2ccccc2C(=O)N2CCCCC2)c(C)c1. The zero-order valence-corrected chi connectivity index (χ0v) is 16.0. The van der Waals surface area contributed by atoms with E-state index in [4.69, 9.17) is 4.74 Å². The molecule has 2 aromatic rings. The van der Waals surface area contributed by atoms with Crippen molar-refractivity contribution in [3.05, 3.63) is 59.2 Å². The normalized spacial score (nSPS) is 13.9. The first kappa shape index (κ1) is 19.0. The van der Waals surface area contributed by atoms with E-state index in [0.717, 1.165) is 43.5 Å². The highest BCUT2D eigenvalue weighted by atomic mass is 16.5. The van der Waals surface area contributed by atoms with Gasteiger partial charge in [0.25, 0.3) is 11.8 Å². The Hall–Kier alpha value is -2.82. The maximum atomic E-state index is 12.8. The van der Waals surface area contributed by atoms with E-state index in [1.165, 1.54) is 0 Å². The molecule has 0 radical (unpaired) electrons. The van der Waals surface area contributed by atoms with Gasteiger partial charge in [0.05, 0.1) is 11.3 Å². The predicted octanol–water partition coefficient (Wildman–Crippen LogP) is 3.95. The van der Waals surface area contributed by atoms with Crippen LogP contribution >= 0.6 is 0 Å². The number of carbonyl (C=O) groups excluding carboxylic acids is 2. The van der Waals surface area contributed by atoms with Crippen molar-refractivity contribution in [2.45, 2.75) is 33.1 Å². The number of rotatable bonds is 5. The Bertz CT molecular complexity index is 826. The number of piperidine rings is 1. The minimum absolute atomic E-state index is 0.0269. The number of nitrogens with one attached hydrogen (secondary N) is 1. The molecule has 0 aliphatic carbocycles. The van der Waals surface area contributed by atoms with Crippen molar-refractivity contribution in [2.75, 3.05) is 25.0 Å². The summed E-state index contributed by atoms with van der Waals surface area (Å²) in [4.78, 5) is 27.0. The van der Waals surface area contributed by atoms with Gasteiger partial charge in [-0.2, -0.15) is 0 Å². The van der Waals surface area contributed by atoms with Gasteiger partial charge in [-0.25, -0.2) is 0 Å². The van der Waals surface area contributed by atoms with Gasteiger partial charge < -0.3 is 15.0 Å². The molecule has 5 nitrogen and oxygen atoms in total. The fraction of sp³-hybridized carbons (Fsp3) is 0.364. The third-order valence-corrected chi connectivity index (χ3v) is 4.76. The van der Waals surface area contributed by atoms with Crippen LogP contribution in [0, 0.1) is 13.8 Å². The third-order valence-electron chi connectivity index (χ3n) is 4.76. The molecule has 1 saturated heterocycles. The lowest BCUT2D eigenvalue weighted by atomic mass is 10.1. The number of aryl methyl sites for hydroxylation is 2. The van der Waals surface area contributed by atoms with Crippen LogP contribution in [0.4, 0.5) is 5.69 Å². The minimum atomic E-state index is -0.283. The zero-order valence-electron chi connectivity index (χ0n) is 16.0. The number of amides is 2. The van der Waals surface area contributed by atoms with Gasteiger partial charge in [-0.15, -0.1) is 0 Å². The fourth-order valence-electron chi connectivity index (χ4n) is 3.34. The molecule has 1 fully saturated rings. The first-order valence-electron chi connectivity index (χ1n) is 9.43. The Labute approximate surface area is 160 Å². The van der Waals surface area contributed by atoms with E-state index >= 15 is 0 Å². The zero-order chi connectivity index (χ0) is 19.2. The average molecular weight is 366 g/mol. The van der Waals surface area contributed by atoms with Crippen molar-refractivity contribution in [2.24, 2.45) is 0 Å². The molecule has 142 valence electrons. The third kappa shape index (κ3) is 4.88. The smallest absolute Gasteiger partial charge is 0.262 e. The second-order valence-electron chi connectivity index (χ2n) is 7.00. The van der Waals surface area contributed by atoms with Crippen molar-refractivity contribution >= 4 is 17.5 Å². The standard InChI is InChI=1S/C22H26N2O3/c1-16-10-11-20(17(2)14-16)27-15-21(25)23-19-9-5-4-8-18(19)22(26)24-12-6-3-7-13-24/h4-5,8-11,14H,3,6-7,12-13,15H2,1-2H3,(H,23,25). The summed E-state index contributed by atoms with van der Waals surface area (Å²) in [5, 5.41) is 2.82. The number of carbonyl (C=O) groups is 2. The highest BCUT2D eigenvalue weighted by Gasteiger charge is 2.21. The summed E-state index contributed by atoms with van der Waals surface area (Å²) in [6.07, 6.45) is 3.23. The van der Waals surface area contributed by atoms with Gasteiger partial charge in [-0.05, 0) is 56.9 Å². The van der Waals surface area contributed by atoms with Crippen molar-refractivity contribution in [1.29, 1.82) is 0 Å². The van der Waals surface area contributed by atoms with Crippen LogP contribution in [-0.4, -0.2) is 36.4 Å². The Morgan fingerprint density at radius 3 is 2.52 bits per heavy atom. The molecule has 0 spiro atoms. The van der Waals surface area contributed by atoms with Gasteiger partial charge in [0.15, 0.2) is 6.61 Å². The van der Waals surface area contributed by atoms with Crippen LogP contribution in [0.1, 0.15) is 40.7 Å². The van der Waals surface area contributed by atoms with Crippen LogP contribution in [0.3, 0.4) is 0 Å². The molecule has 1 aliphatic heterocycles. The summed E-state index contributed by atoms with van der Waals surface area (Å²) >= 11 is 0. The quantitative estimate of drug-likeness (QED) is 0.872. The molecule has 0 aromatic heterocycles. The Morgan fingerprint density at radius 2 is 1.78 bits per heavy atom. The summed E-state index contributed by atoms with van der Waals surface area (Å²) in [6, 6.07) is 13.0. The number of hydrogen-bond acceptors (Lipinski definition) is 3. The van der Waals surface area contributed by atoms with Crippen LogP contribution in [0.5, 0.6) is 5.75 Å². The molecule has 5 heteroatoms. The molecule has 1 aliphatic rings. The number of anilines is 1. The van der Waals surface area contributed by atoms with E-state index in [1.807, 2.05) is 49.1 Å². The molecule has 2 aromatic carbocycles. The van der Waals surface area contributed by atoms with Crippen LogP contribution in [0.2, 0.25) is 0 Å². The number of likely N-dealkylation sites (tertiary alicyclic amines) is 1. The topological polar surface area (TPSA) is 58.6 Å². The predicted molar refractivity (Wildman–Crippen MR) is 106 cm³/mol. The first-order chi connectivity index (χ1) is 13.0. The second-order valence-corrected chi connectivity index (χ2v) is 7.00. The molecule has 27 heavy (non-hydrogen) atoms. The minimum Gasteiger partial charge on any atom is -0.483 e. The monoisotopic (exact) mass is 366 g/mol. The van der Waals surface area contributed by atoms with Crippen molar-refractivity contribution < 1.29 is 14.3 Å². The van der Waals surface area contributed by atoms with Gasteiger partial charge in [-0.3, -0.25) is 9.59 Å². The number of para-hydroxylation sites is 1. The lowest BCUT2D eigenvalue weighted by Gasteiger charge is -2.27. The molecule has 0 unspecified atom stereocenters. The van der Waals surface area contributed by atoms with E-state index in [9.17, 15) is 9.59 Å². The van der Waals surface area contributed by atoms with Crippen molar-refractivity contribution in [1.82, 2.24) is 4.90 Å². The molecule has 0 bridgehead atoms. The van der Waals surface area contributed by atoms with Crippen molar-refractivity contribution in [3.63, 3.8) is 0 Å². The number of nitrogens with zero attached hydrogens (tertiary/aromatic N) is 1. The molecule has 1 heterocycles. The molecule has 0 atom stereocenters. The lowest BCUT2D eigenvalue weighted by molar-refractivity contribution is -0.118. The molecular weight excluding hydrogens is 340 g/mol. The van der Waals surface area contributed by atoms with Crippen molar-refractivity contribution in [3.8, 4) is 5.75 Å². The highest BCUT2D eigenvalue weighted by Crippen LogP contribution is 2.21. The van der Waals surface area contributed by atoms with Crippen LogP contribution in [0.25, 0.3) is 0 Å². The summed E-state index contributed by atoms with van der Waals surface area (Å²) in [6.45, 7) is 5.41. The van der Waals surface area contributed by atoms with Gasteiger partial charge >= 0.3 is 0 Å². The fourth-order valence-corrected chi connectivity index (χ4v) is 3.34. The molecule has 3 rings (SSSR count). The number of ether oxygens (including phenoxy) is 1. The van der Waals surface area contributed by atoms with E-state index in [0.29, 0.717) is 17.0 Å². The Morgan fingerprint density at radius 1 is 1.04 bits per heavy atom. The van der Waals surface area contributed by atoms with Crippen LogP contribution < -0.4 is 10.1 Å². The summed E-state index contributed by atoms with van der Waals surface area (Å²) in [5.74, 6) is 0.378. The Kier molecular flexibility index (Phi) is 6.12. The molecule has 2 amide bonds. The van der Waals surface area contributed by atoms with Crippen LogP contribution in [0.15, 0.2) is 42.5 Å².